The van der Waals surface area contributed by atoms with E-state index in [4.69, 9.17) is 11.5 Å². The molecule has 8 N–H and O–H groups in total. The number of aromatic hydroxyl groups is 1. The first-order chi connectivity index (χ1) is 21.2. The van der Waals surface area contributed by atoms with Crippen LogP contribution in [0, 0.1) is 0 Å². The predicted octanol–water partition coefficient (Wildman–Crippen LogP) is 1.28. The molecule has 1 saturated heterocycles. The van der Waals surface area contributed by atoms with Crippen molar-refractivity contribution in [2.75, 3.05) is 6.54 Å². The Kier molecular flexibility index (Phi) is 9.25. The molecule has 11 nitrogen and oxygen atoms in total. The topological polar surface area (TPSA) is 184 Å². The molecule has 1 fully saturated rings. The van der Waals surface area contributed by atoms with E-state index in [1.165, 1.54) is 17.0 Å². The van der Waals surface area contributed by atoms with E-state index < -0.39 is 41.9 Å². The van der Waals surface area contributed by atoms with Gasteiger partial charge in [-0.15, -0.1) is 0 Å². The third-order valence-electron chi connectivity index (χ3n) is 7.90. The van der Waals surface area contributed by atoms with Crippen molar-refractivity contribution in [3.05, 3.63) is 102 Å². The smallest absolute Gasteiger partial charge is 0.243 e. The van der Waals surface area contributed by atoms with Gasteiger partial charge >= 0.3 is 0 Å². The van der Waals surface area contributed by atoms with Crippen LogP contribution in [0.5, 0.6) is 5.75 Å². The molecule has 1 aliphatic rings. The summed E-state index contributed by atoms with van der Waals surface area (Å²) in [7, 11) is 0. The summed E-state index contributed by atoms with van der Waals surface area (Å²) in [6.07, 6.45) is 0.969. The molecule has 3 aromatic carbocycles. The fourth-order valence-corrected chi connectivity index (χ4v) is 5.40. The number of rotatable bonds is 12. The largest absolute Gasteiger partial charge is 0.508 e. The second kappa shape index (κ2) is 13.4. The number of aromatic nitrogens is 1. The van der Waals surface area contributed by atoms with Crippen LogP contribution < -0.4 is 22.1 Å². The van der Waals surface area contributed by atoms with Crippen LogP contribution >= 0.6 is 0 Å². The van der Waals surface area contributed by atoms with E-state index in [0.717, 1.165) is 22.0 Å². The highest BCUT2D eigenvalue weighted by Crippen LogP contribution is 2.21. The van der Waals surface area contributed by atoms with Crippen LogP contribution in [-0.4, -0.2) is 69.3 Å². The lowest BCUT2D eigenvalue weighted by molar-refractivity contribution is -0.149. The minimum Gasteiger partial charge on any atom is -0.508 e. The van der Waals surface area contributed by atoms with Crippen LogP contribution in [0.3, 0.4) is 0 Å². The highest BCUT2D eigenvalue weighted by atomic mass is 16.3. The minimum absolute atomic E-state index is 0.112. The number of phenolic OH excluding ortho intramolecular Hbond substituents is 1. The molecule has 0 bridgehead atoms. The number of benzene rings is 3. The van der Waals surface area contributed by atoms with E-state index >= 15 is 0 Å². The number of nitrogens with two attached hydrogens (primary N) is 2. The zero-order valence-corrected chi connectivity index (χ0v) is 24.1. The van der Waals surface area contributed by atoms with Gasteiger partial charge in [0.2, 0.25) is 23.6 Å². The Bertz CT molecular complexity index is 1600. The molecule has 2 heterocycles. The molecule has 1 aromatic heterocycles. The molecule has 4 aromatic rings. The molecule has 44 heavy (non-hydrogen) atoms. The van der Waals surface area contributed by atoms with Crippen LogP contribution in [-0.2, 0) is 38.4 Å². The second-order valence-corrected chi connectivity index (χ2v) is 11.1. The molecule has 0 aliphatic carbocycles. The van der Waals surface area contributed by atoms with Gasteiger partial charge in [-0.3, -0.25) is 19.2 Å². The number of carbonyl (C=O) groups is 4. The number of para-hydroxylation sites is 1. The van der Waals surface area contributed by atoms with Gasteiger partial charge in [0, 0.05) is 30.6 Å². The molecule has 0 radical (unpaired) electrons. The minimum atomic E-state index is -1.06. The number of aromatic amines is 1. The van der Waals surface area contributed by atoms with Crippen LogP contribution in [0.25, 0.3) is 10.9 Å². The molecule has 4 amide bonds. The van der Waals surface area contributed by atoms with Crippen molar-refractivity contribution in [1.82, 2.24) is 20.5 Å². The van der Waals surface area contributed by atoms with Gasteiger partial charge in [0.05, 0.1) is 6.04 Å². The maximum Gasteiger partial charge on any atom is 0.243 e. The number of nitrogens with one attached hydrogen (secondary N) is 3. The van der Waals surface area contributed by atoms with Gasteiger partial charge in [-0.25, -0.2) is 0 Å². The van der Waals surface area contributed by atoms with Crippen molar-refractivity contribution >= 4 is 34.5 Å². The van der Waals surface area contributed by atoms with Gasteiger partial charge in [0.25, 0.3) is 0 Å². The monoisotopic (exact) mass is 596 g/mol. The van der Waals surface area contributed by atoms with Gasteiger partial charge in [-0.1, -0.05) is 60.7 Å². The zero-order valence-electron chi connectivity index (χ0n) is 24.1. The van der Waals surface area contributed by atoms with E-state index in [-0.39, 0.29) is 30.9 Å². The molecular weight excluding hydrogens is 560 g/mol. The number of hydrogen-bond donors (Lipinski definition) is 6. The van der Waals surface area contributed by atoms with Crippen LogP contribution in [0.2, 0.25) is 0 Å². The van der Waals surface area contributed by atoms with Crippen LogP contribution in [0.1, 0.15) is 23.2 Å². The Morgan fingerprint density at radius 1 is 0.864 bits per heavy atom. The van der Waals surface area contributed by atoms with Gasteiger partial charge < -0.3 is 37.1 Å². The van der Waals surface area contributed by atoms with Crippen molar-refractivity contribution in [3.63, 3.8) is 0 Å². The highest BCUT2D eigenvalue weighted by molar-refractivity contribution is 5.95. The lowest BCUT2D eigenvalue weighted by Crippen LogP contribution is -2.64. The van der Waals surface area contributed by atoms with Crippen molar-refractivity contribution in [2.24, 2.45) is 11.5 Å². The van der Waals surface area contributed by atoms with Gasteiger partial charge in [-0.2, -0.15) is 0 Å². The molecule has 1 aliphatic heterocycles. The maximum atomic E-state index is 13.6. The standard InChI is InChI=1S/C33H36N6O5/c34-25(16-21-10-12-24(40)13-11-21)33(44)39-15-14-29(39)32(43)38-28(19-23-18-22-8-4-5-9-26(22)36-23)31(42)37-27(30(35)41)17-20-6-2-1-3-7-20/h1-13,18,25,27-29,36,40H,14-17,19,34H2,(H2,35,41)(H,37,42)(H,38,43)/t25-,27-,28-,29+/m0/s1. The third kappa shape index (κ3) is 7.24. The Morgan fingerprint density at radius 2 is 1.55 bits per heavy atom. The molecule has 0 saturated carbocycles. The van der Waals surface area contributed by atoms with E-state index in [1.807, 2.05) is 60.7 Å². The summed E-state index contributed by atoms with van der Waals surface area (Å²) >= 11 is 0. The molecule has 11 heteroatoms. The number of likely N-dealkylation sites (tertiary alicyclic amines) is 1. The van der Waals surface area contributed by atoms with Crippen molar-refractivity contribution in [2.45, 2.75) is 49.9 Å². The first kappa shape index (κ1) is 30.3. The predicted molar refractivity (Wildman–Crippen MR) is 165 cm³/mol. The SMILES string of the molecule is NC(=O)[C@H](Cc1ccccc1)NC(=O)[C@H](Cc1cc2ccccc2[nH]1)NC(=O)[C@H]1CCN1C(=O)[C@@H](N)Cc1ccc(O)cc1. The fraction of sp³-hybridized carbons (Fsp3) is 0.273. The van der Waals surface area contributed by atoms with Crippen LogP contribution in [0.15, 0.2) is 84.9 Å². The number of carbonyl (C=O) groups excluding carboxylic acids is 4. The molecular formula is C33H36N6O5. The van der Waals surface area contributed by atoms with E-state index in [9.17, 15) is 24.3 Å². The number of hydrogen-bond acceptors (Lipinski definition) is 6. The van der Waals surface area contributed by atoms with Gasteiger partial charge in [0.1, 0.15) is 23.9 Å². The summed E-state index contributed by atoms with van der Waals surface area (Å²) in [6, 6.07) is 21.4. The first-order valence-corrected chi connectivity index (χ1v) is 14.5. The molecule has 5 rings (SSSR count). The van der Waals surface area contributed by atoms with Crippen LogP contribution in [0.4, 0.5) is 0 Å². The van der Waals surface area contributed by atoms with E-state index in [2.05, 4.69) is 15.6 Å². The lowest BCUT2D eigenvalue weighted by Gasteiger charge is -2.41. The van der Waals surface area contributed by atoms with Crippen molar-refractivity contribution < 1.29 is 24.3 Å². The summed E-state index contributed by atoms with van der Waals surface area (Å²) in [6.45, 7) is 0.361. The Labute approximate surface area is 254 Å². The number of H-pyrrole nitrogens is 1. The fourth-order valence-electron chi connectivity index (χ4n) is 5.40. The number of fused-ring (bicyclic) bond motifs is 1. The van der Waals surface area contributed by atoms with Gasteiger partial charge in [-0.05, 0) is 53.6 Å². The average Bonchev–Trinajstić information content (AvgIpc) is 3.40. The number of nitrogens with zero attached hydrogens (tertiary/aromatic N) is 1. The Balaban J connectivity index is 1.29. The normalized spacial score (nSPS) is 16.4. The summed E-state index contributed by atoms with van der Waals surface area (Å²) in [4.78, 5) is 57.3. The number of phenols is 1. The molecule has 228 valence electrons. The summed E-state index contributed by atoms with van der Waals surface area (Å²) in [5.74, 6) is -2.02. The highest BCUT2D eigenvalue weighted by Gasteiger charge is 2.40. The summed E-state index contributed by atoms with van der Waals surface area (Å²) in [5, 5.41) is 16.0. The maximum absolute atomic E-state index is 13.6. The van der Waals surface area contributed by atoms with Crippen molar-refractivity contribution in [3.8, 4) is 5.75 Å². The van der Waals surface area contributed by atoms with Gasteiger partial charge in [0.15, 0.2) is 0 Å². The van der Waals surface area contributed by atoms with Crippen molar-refractivity contribution in [1.29, 1.82) is 0 Å². The average molecular weight is 597 g/mol. The Hall–Kier alpha value is -5.16. The van der Waals surface area contributed by atoms with E-state index in [1.54, 1.807) is 12.1 Å². The lowest BCUT2D eigenvalue weighted by atomic mass is 9.97. The van der Waals surface area contributed by atoms with E-state index in [0.29, 0.717) is 18.7 Å². The molecule has 0 spiro atoms. The molecule has 0 unspecified atom stereocenters. The first-order valence-electron chi connectivity index (χ1n) is 14.5. The Morgan fingerprint density at radius 3 is 2.20 bits per heavy atom. The number of amides is 4. The second-order valence-electron chi connectivity index (χ2n) is 11.1. The zero-order chi connectivity index (χ0) is 31.2. The summed E-state index contributed by atoms with van der Waals surface area (Å²) < 4.78 is 0. The molecule has 4 atom stereocenters. The number of primary amides is 1. The quantitative estimate of drug-likeness (QED) is 0.143. The summed E-state index contributed by atoms with van der Waals surface area (Å²) in [5.41, 5.74) is 15.0. The third-order valence-corrected chi connectivity index (χ3v) is 7.90.